The van der Waals surface area contributed by atoms with Gasteiger partial charge in [-0.1, -0.05) is 36.4 Å². The zero-order chi connectivity index (χ0) is 17.6. The summed E-state index contributed by atoms with van der Waals surface area (Å²) in [6.07, 6.45) is 3.61. The van der Waals surface area contributed by atoms with Crippen molar-refractivity contribution in [2.45, 2.75) is 6.54 Å². The highest BCUT2D eigenvalue weighted by Gasteiger charge is 2.11. The number of urea groups is 1. The van der Waals surface area contributed by atoms with Crippen molar-refractivity contribution in [3.63, 3.8) is 0 Å². The number of halogens is 2. The van der Waals surface area contributed by atoms with E-state index in [0.717, 1.165) is 23.3 Å². The summed E-state index contributed by atoms with van der Waals surface area (Å²) in [6, 6.07) is 12.5. The minimum absolute atomic E-state index is 0.262. The quantitative estimate of drug-likeness (QED) is 0.743. The molecule has 0 aliphatic carbocycles. The van der Waals surface area contributed by atoms with Crippen LogP contribution in [0.25, 0.3) is 11.1 Å². The highest BCUT2D eigenvalue weighted by molar-refractivity contribution is 5.89. The van der Waals surface area contributed by atoms with E-state index < -0.39 is 23.4 Å². The molecule has 0 bridgehead atoms. The van der Waals surface area contributed by atoms with Gasteiger partial charge >= 0.3 is 6.03 Å². The molecule has 128 valence electrons. The van der Waals surface area contributed by atoms with Crippen LogP contribution in [0.3, 0.4) is 0 Å². The van der Waals surface area contributed by atoms with E-state index in [1.165, 1.54) is 6.07 Å². The minimum Gasteiger partial charge on any atom is -0.336 e. The number of para-hydroxylation sites is 1. The lowest BCUT2D eigenvalue weighted by atomic mass is 10.1. The second-order valence-corrected chi connectivity index (χ2v) is 5.34. The Morgan fingerprint density at radius 2 is 1.72 bits per heavy atom. The van der Waals surface area contributed by atoms with E-state index in [2.05, 4.69) is 15.7 Å². The third kappa shape index (κ3) is 4.20. The number of anilines is 1. The van der Waals surface area contributed by atoms with Crippen LogP contribution in [0.4, 0.5) is 19.3 Å². The fourth-order valence-corrected chi connectivity index (χ4v) is 2.32. The van der Waals surface area contributed by atoms with Crippen molar-refractivity contribution >= 4 is 11.7 Å². The van der Waals surface area contributed by atoms with Crippen molar-refractivity contribution in [3.8, 4) is 11.1 Å². The maximum Gasteiger partial charge on any atom is 0.319 e. The van der Waals surface area contributed by atoms with Gasteiger partial charge in [0.15, 0.2) is 0 Å². The molecule has 1 heterocycles. The predicted octanol–water partition coefficient (Wildman–Crippen LogP) is 3.65. The van der Waals surface area contributed by atoms with Crippen LogP contribution in [-0.2, 0) is 6.54 Å². The Kier molecular flexibility index (Phi) is 5.03. The van der Waals surface area contributed by atoms with Crippen LogP contribution in [0.15, 0.2) is 60.9 Å². The topological polar surface area (TPSA) is 59.0 Å². The zero-order valence-electron chi connectivity index (χ0n) is 13.2. The molecule has 2 N–H and O–H groups in total. The molecule has 3 aromatic rings. The first-order valence-electron chi connectivity index (χ1n) is 7.70. The van der Waals surface area contributed by atoms with Gasteiger partial charge in [-0.05, 0) is 17.7 Å². The highest BCUT2D eigenvalue weighted by atomic mass is 19.1. The smallest absolute Gasteiger partial charge is 0.319 e. The molecule has 0 atom stereocenters. The summed E-state index contributed by atoms with van der Waals surface area (Å²) in [5.41, 5.74) is 1.55. The molecule has 0 saturated carbocycles. The molecule has 0 saturated heterocycles. The fraction of sp³-hybridized carbons (Fsp3) is 0.111. The molecule has 2 aromatic carbocycles. The molecule has 2 amide bonds. The Balaban J connectivity index is 1.51. The van der Waals surface area contributed by atoms with Crippen molar-refractivity contribution in [1.29, 1.82) is 0 Å². The summed E-state index contributed by atoms with van der Waals surface area (Å²) < 4.78 is 28.6. The molecule has 0 unspecified atom stereocenters. The van der Waals surface area contributed by atoms with Crippen LogP contribution in [-0.4, -0.2) is 22.4 Å². The summed E-state index contributed by atoms with van der Waals surface area (Å²) in [5.74, 6) is -1.65. The van der Waals surface area contributed by atoms with Gasteiger partial charge in [0.25, 0.3) is 0 Å². The first kappa shape index (κ1) is 16.6. The second-order valence-electron chi connectivity index (χ2n) is 5.34. The Bertz CT molecular complexity index is 844. The monoisotopic (exact) mass is 342 g/mol. The summed E-state index contributed by atoms with van der Waals surface area (Å²) in [5, 5.41) is 8.93. The largest absolute Gasteiger partial charge is 0.336 e. The van der Waals surface area contributed by atoms with E-state index in [-0.39, 0.29) is 6.54 Å². The fourth-order valence-electron chi connectivity index (χ4n) is 2.32. The number of benzene rings is 2. The summed E-state index contributed by atoms with van der Waals surface area (Å²) >= 11 is 0. The number of carbonyl (C=O) groups excluding carboxylic acids is 1. The molecule has 25 heavy (non-hydrogen) atoms. The number of nitrogens with one attached hydrogen (secondary N) is 2. The van der Waals surface area contributed by atoms with Gasteiger partial charge in [0.2, 0.25) is 0 Å². The third-order valence-electron chi connectivity index (χ3n) is 3.57. The van der Waals surface area contributed by atoms with E-state index in [4.69, 9.17) is 0 Å². The van der Waals surface area contributed by atoms with Gasteiger partial charge in [0.1, 0.15) is 17.3 Å². The van der Waals surface area contributed by atoms with Crippen molar-refractivity contribution in [2.24, 2.45) is 0 Å². The molecule has 5 nitrogen and oxygen atoms in total. The SMILES string of the molecule is O=C(NCCn1cc(-c2ccccc2)cn1)Nc1c(F)cccc1F. The minimum atomic E-state index is -0.824. The third-order valence-corrected chi connectivity index (χ3v) is 3.57. The molecular formula is C18H16F2N4O. The van der Waals surface area contributed by atoms with Crippen LogP contribution in [0, 0.1) is 11.6 Å². The van der Waals surface area contributed by atoms with Gasteiger partial charge < -0.3 is 10.6 Å². The van der Waals surface area contributed by atoms with E-state index in [0.29, 0.717) is 6.54 Å². The van der Waals surface area contributed by atoms with E-state index in [1.807, 2.05) is 36.5 Å². The van der Waals surface area contributed by atoms with Gasteiger partial charge in [-0.15, -0.1) is 0 Å². The van der Waals surface area contributed by atoms with Gasteiger partial charge in [0.05, 0.1) is 12.7 Å². The molecule has 3 rings (SSSR count). The van der Waals surface area contributed by atoms with Gasteiger partial charge in [-0.3, -0.25) is 4.68 Å². The number of rotatable bonds is 5. The first-order chi connectivity index (χ1) is 12.1. The van der Waals surface area contributed by atoms with Crippen LogP contribution in [0.1, 0.15) is 0 Å². The van der Waals surface area contributed by atoms with E-state index in [9.17, 15) is 13.6 Å². The van der Waals surface area contributed by atoms with Crippen molar-refractivity contribution in [3.05, 3.63) is 72.6 Å². The number of amides is 2. The molecule has 0 radical (unpaired) electrons. The van der Waals surface area contributed by atoms with Crippen molar-refractivity contribution < 1.29 is 13.6 Å². The standard InChI is InChI=1S/C18H16F2N4O/c19-15-7-4-8-16(20)17(15)23-18(25)21-9-10-24-12-14(11-22-24)13-5-2-1-3-6-13/h1-8,11-12H,9-10H2,(H2,21,23,25). The van der Waals surface area contributed by atoms with Crippen molar-refractivity contribution in [2.75, 3.05) is 11.9 Å². The average Bonchev–Trinajstić information content (AvgIpc) is 3.08. The Morgan fingerprint density at radius 3 is 2.44 bits per heavy atom. The normalized spacial score (nSPS) is 10.5. The second kappa shape index (κ2) is 7.57. The van der Waals surface area contributed by atoms with Gasteiger partial charge in [-0.2, -0.15) is 5.10 Å². The summed E-state index contributed by atoms with van der Waals surface area (Å²) in [6.45, 7) is 0.692. The molecule has 1 aromatic heterocycles. The maximum atomic E-state index is 13.5. The summed E-state index contributed by atoms with van der Waals surface area (Å²) in [7, 11) is 0. The molecule has 0 aliphatic rings. The van der Waals surface area contributed by atoms with Gasteiger partial charge in [0, 0.05) is 18.3 Å². The van der Waals surface area contributed by atoms with E-state index >= 15 is 0 Å². The molecular weight excluding hydrogens is 326 g/mol. The molecule has 7 heteroatoms. The predicted molar refractivity (Wildman–Crippen MR) is 91.0 cm³/mol. The lowest BCUT2D eigenvalue weighted by Crippen LogP contribution is -2.32. The van der Waals surface area contributed by atoms with Crippen LogP contribution < -0.4 is 10.6 Å². The lowest BCUT2D eigenvalue weighted by molar-refractivity contribution is 0.251. The van der Waals surface area contributed by atoms with E-state index in [1.54, 1.807) is 10.9 Å². The number of nitrogens with zero attached hydrogens (tertiary/aromatic N) is 2. The number of carbonyl (C=O) groups is 1. The zero-order valence-corrected chi connectivity index (χ0v) is 13.2. The van der Waals surface area contributed by atoms with Gasteiger partial charge in [-0.25, -0.2) is 13.6 Å². The first-order valence-corrected chi connectivity index (χ1v) is 7.70. The van der Waals surface area contributed by atoms with Crippen LogP contribution in [0.2, 0.25) is 0 Å². The molecule has 0 spiro atoms. The molecule has 0 aliphatic heterocycles. The Hall–Kier alpha value is -3.22. The number of hydrogen-bond donors (Lipinski definition) is 2. The van der Waals surface area contributed by atoms with Crippen LogP contribution in [0.5, 0.6) is 0 Å². The van der Waals surface area contributed by atoms with Crippen molar-refractivity contribution in [1.82, 2.24) is 15.1 Å². The van der Waals surface area contributed by atoms with Crippen LogP contribution >= 0.6 is 0 Å². The Morgan fingerprint density at radius 1 is 1.00 bits per heavy atom. The summed E-state index contributed by atoms with van der Waals surface area (Å²) in [4.78, 5) is 11.7. The average molecular weight is 342 g/mol. The highest BCUT2D eigenvalue weighted by Crippen LogP contribution is 2.18. The number of aromatic nitrogens is 2. The maximum absolute atomic E-state index is 13.5. The Labute approximate surface area is 143 Å². The lowest BCUT2D eigenvalue weighted by Gasteiger charge is -2.09. The molecule has 0 fully saturated rings. The number of hydrogen-bond acceptors (Lipinski definition) is 2.